The SMILES string of the molecule is COC(=O)N/N=C(/C)c1nc(Cl)nc(Cl)c1F. The average Bonchev–Trinajstić information content (AvgIpc) is 2.30. The Balaban J connectivity index is 3.03. The highest BCUT2D eigenvalue weighted by Gasteiger charge is 2.14. The molecule has 0 aliphatic carbocycles. The molecule has 0 spiro atoms. The molecule has 1 aromatic heterocycles. The largest absolute Gasteiger partial charge is 0.452 e. The lowest BCUT2D eigenvalue weighted by molar-refractivity contribution is 0.171. The van der Waals surface area contributed by atoms with Gasteiger partial charge in [0, 0.05) is 0 Å². The number of halogens is 3. The van der Waals surface area contributed by atoms with Crippen molar-refractivity contribution in [3.8, 4) is 0 Å². The van der Waals surface area contributed by atoms with E-state index in [1.54, 1.807) is 0 Å². The van der Waals surface area contributed by atoms with Gasteiger partial charge in [0.1, 0.15) is 5.69 Å². The van der Waals surface area contributed by atoms with E-state index in [4.69, 9.17) is 23.2 Å². The lowest BCUT2D eigenvalue weighted by Gasteiger charge is -2.03. The molecule has 1 aromatic rings. The second-order valence-electron chi connectivity index (χ2n) is 2.75. The van der Waals surface area contributed by atoms with E-state index in [1.807, 2.05) is 5.43 Å². The van der Waals surface area contributed by atoms with Crippen LogP contribution in [0.25, 0.3) is 0 Å². The van der Waals surface area contributed by atoms with Crippen LogP contribution < -0.4 is 5.43 Å². The van der Waals surface area contributed by atoms with Gasteiger partial charge in [0.25, 0.3) is 0 Å². The first-order valence-corrected chi connectivity index (χ1v) is 4.98. The van der Waals surface area contributed by atoms with E-state index in [0.29, 0.717) is 0 Å². The van der Waals surface area contributed by atoms with Crippen molar-refractivity contribution in [3.05, 3.63) is 21.9 Å². The Morgan fingerprint density at radius 2 is 2.12 bits per heavy atom. The summed E-state index contributed by atoms with van der Waals surface area (Å²) in [5.41, 5.74) is 1.88. The monoisotopic (exact) mass is 280 g/mol. The van der Waals surface area contributed by atoms with Crippen LogP contribution in [0.1, 0.15) is 12.6 Å². The summed E-state index contributed by atoms with van der Waals surface area (Å²) in [5.74, 6) is -0.871. The van der Waals surface area contributed by atoms with Crippen molar-refractivity contribution in [2.24, 2.45) is 5.10 Å². The second-order valence-corrected chi connectivity index (χ2v) is 3.44. The van der Waals surface area contributed by atoms with Crippen LogP contribution in [0.4, 0.5) is 9.18 Å². The molecule has 92 valence electrons. The van der Waals surface area contributed by atoms with E-state index in [0.717, 1.165) is 0 Å². The predicted octanol–water partition coefficient (Wildman–Crippen LogP) is 2.00. The van der Waals surface area contributed by atoms with Gasteiger partial charge in [-0.05, 0) is 18.5 Å². The number of methoxy groups -OCH3 is 1. The van der Waals surface area contributed by atoms with Gasteiger partial charge in [0.15, 0.2) is 11.0 Å². The summed E-state index contributed by atoms with van der Waals surface area (Å²) < 4.78 is 17.8. The fourth-order valence-corrected chi connectivity index (χ4v) is 1.24. The summed E-state index contributed by atoms with van der Waals surface area (Å²) >= 11 is 11.0. The molecule has 9 heteroatoms. The minimum atomic E-state index is -0.871. The zero-order valence-corrected chi connectivity index (χ0v) is 10.3. The topological polar surface area (TPSA) is 76.5 Å². The fraction of sp³-hybridized carbons (Fsp3) is 0.250. The molecule has 0 aliphatic heterocycles. The van der Waals surface area contributed by atoms with Crippen LogP contribution in [0.2, 0.25) is 10.4 Å². The smallest absolute Gasteiger partial charge is 0.427 e. The molecular formula is C8H7Cl2FN4O2. The number of nitrogens with one attached hydrogen (secondary N) is 1. The third-order valence-electron chi connectivity index (χ3n) is 1.63. The normalized spacial score (nSPS) is 11.2. The first kappa shape index (κ1) is 13.6. The van der Waals surface area contributed by atoms with E-state index in [-0.39, 0.29) is 16.7 Å². The van der Waals surface area contributed by atoms with Gasteiger partial charge < -0.3 is 4.74 Å². The number of nitrogens with zero attached hydrogens (tertiary/aromatic N) is 3. The molecule has 1 rings (SSSR count). The Morgan fingerprint density at radius 3 is 2.71 bits per heavy atom. The summed E-state index contributed by atoms with van der Waals surface area (Å²) in [6.45, 7) is 1.41. The fourth-order valence-electron chi connectivity index (χ4n) is 0.862. The Labute approximate surface area is 106 Å². The van der Waals surface area contributed by atoms with Crippen LogP contribution in [0.3, 0.4) is 0 Å². The third kappa shape index (κ3) is 3.50. The van der Waals surface area contributed by atoms with Crippen molar-refractivity contribution in [2.75, 3.05) is 7.11 Å². The Morgan fingerprint density at radius 1 is 1.47 bits per heavy atom. The van der Waals surface area contributed by atoms with E-state index in [9.17, 15) is 9.18 Å². The average molecular weight is 281 g/mol. The molecule has 6 nitrogen and oxygen atoms in total. The highest BCUT2D eigenvalue weighted by atomic mass is 35.5. The number of carbonyl (C=O) groups excluding carboxylic acids is 1. The minimum absolute atomic E-state index is 0.0686. The molecule has 1 amide bonds. The number of ether oxygens (including phenoxy) is 1. The van der Waals surface area contributed by atoms with Gasteiger partial charge in [-0.25, -0.2) is 24.6 Å². The number of hydrazone groups is 1. The third-order valence-corrected chi connectivity index (χ3v) is 2.05. The van der Waals surface area contributed by atoms with E-state index >= 15 is 0 Å². The van der Waals surface area contributed by atoms with Gasteiger partial charge in [-0.15, -0.1) is 0 Å². The van der Waals surface area contributed by atoms with Crippen LogP contribution in [0.15, 0.2) is 5.10 Å². The molecular weight excluding hydrogens is 274 g/mol. The molecule has 0 saturated carbocycles. The van der Waals surface area contributed by atoms with Crippen LogP contribution >= 0.6 is 23.2 Å². The highest BCUT2D eigenvalue weighted by molar-refractivity contribution is 6.32. The van der Waals surface area contributed by atoms with Crippen molar-refractivity contribution in [2.45, 2.75) is 6.92 Å². The molecule has 0 bridgehead atoms. The Kier molecular flexibility index (Phi) is 4.59. The maximum absolute atomic E-state index is 13.5. The van der Waals surface area contributed by atoms with E-state index in [2.05, 4.69) is 19.8 Å². The molecule has 0 aliphatic rings. The van der Waals surface area contributed by atoms with Crippen molar-refractivity contribution < 1.29 is 13.9 Å². The quantitative estimate of drug-likeness (QED) is 0.389. The van der Waals surface area contributed by atoms with E-state index in [1.165, 1.54) is 14.0 Å². The van der Waals surface area contributed by atoms with Gasteiger partial charge in [0.05, 0.1) is 12.8 Å². The van der Waals surface area contributed by atoms with Crippen LogP contribution in [-0.2, 0) is 4.74 Å². The van der Waals surface area contributed by atoms with Crippen LogP contribution in [0.5, 0.6) is 0 Å². The molecule has 0 saturated heterocycles. The standard InChI is InChI=1S/C8H7Cl2FN4O2/c1-3(14-15-8(16)17-2)5-4(11)6(9)13-7(10)12-5/h1-2H3,(H,15,16)/b14-3-. The van der Waals surface area contributed by atoms with Gasteiger partial charge in [0.2, 0.25) is 5.28 Å². The first-order valence-electron chi connectivity index (χ1n) is 4.23. The molecule has 1 heterocycles. The molecule has 0 fully saturated rings. The summed E-state index contributed by atoms with van der Waals surface area (Å²) in [7, 11) is 1.17. The van der Waals surface area contributed by atoms with Crippen molar-refractivity contribution in [1.82, 2.24) is 15.4 Å². The number of aromatic nitrogens is 2. The number of rotatable bonds is 2. The van der Waals surface area contributed by atoms with Gasteiger partial charge in [-0.3, -0.25) is 0 Å². The molecule has 1 N–H and O–H groups in total. The molecule has 17 heavy (non-hydrogen) atoms. The summed E-state index contributed by atoms with van der Waals surface area (Å²) in [6, 6.07) is 0. The summed E-state index contributed by atoms with van der Waals surface area (Å²) in [6.07, 6.45) is -0.795. The highest BCUT2D eigenvalue weighted by Crippen LogP contribution is 2.17. The predicted molar refractivity (Wildman–Crippen MR) is 59.8 cm³/mol. The van der Waals surface area contributed by atoms with Crippen LogP contribution in [0, 0.1) is 5.82 Å². The number of hydrogen-bond donors (Lipinski definition) is 1. The molecule has 0 radical (unpaired) electrons. The number of hydrogen-bond acceptors (Lipinski definition) is 5. The van der Waals surface area contributed by atoms with E-state index < -0.39 is 17.1 Å². The van der Waals surface area contributed by atoms with Gasteiger partial charge in [-0.1, -0.05) is 11.6 Å². The van der Waals surface area contributed by atoms with Crippen molar-refractivity contribution in [3.63, 3.8) is 0 Å². The summed E-state index contributed by atoms with van der Waals surface area (Å²) in [4.78, 5) is 17.8. The minimum Gasteiger partial charge on any atom is -0.452 e. The molecule has 0 unspecified atom stereocenters. The van der Waals surface area contributed by atoms with Crippen molar-refractivity contribution >= 4 is 35.0 Å². The lowest BCUT2D eigenvalue weighted by atomic mass is 10.3. The zero-order valence-electron chi connectivity index (χ0n) is 8.79. The number of amides is 1. The molecule has 0 atom stereocenters. The second kappa shape index (κ2) is 5.74. The van der Waals surface area contributed by atoms with Gasteiger partial charge in [-0.2, -0.15) is 5.10 Å². The number of carbonyl (C=O) groups is 1. The zero-order chi connectivity index (χ0) is 13.0. The lowest BCUT2D eigenvalue weighted by Crippen LogP contribution is -2.19. The first-order chi connectivity index (χ1) is 7.95. The maximum Gasteiger partial charge on any atom is 0.427 e. The van der Waals surface area contributed by atoms with Crippen molar-refractivity contribution in [1.29, 1.82) is 0 Å². The Hall–Kier alpha value is -1.47. The Bertz CT molecular complexity index is 481. The van der Waals surface area contributed by atoms with Crippen LogP contribution in [-0.4, -0.2) is 28.9 Å². The van der Waals surface area contributed by atoms with Gasteiger partial charge >= 0.3 is 6.09 Å². The maximum atomic E-state index is 13.5. The molecule has 0 aromatic carbocycles. The summed E-state index contributed by atoms with van der Waals surface area (Å²) in [5, 5.41) is 2.91.